The Hall–Kier alpha value is -2.13. The average molecular weight is 402 g/mol. The highest BCUT2D eigenvalue weighted by Crippen LogP contribution is 2.30. The maximum Gasteiger partial charge on any atom is 0.416 e. The summed E-state index contributed by atoms with van der Waals surface area (Å²) in [7, 11) is -3.88. The summed E-state index contributed by atoms with van der Waals surface area (Å²) in [4.78, 5) is 1.83. The summed E-state index contributed by atoms with van der Waals surface area (Å²) in [6.45, 7) is 1.51. The Morgan fingerprint density at radius 3 is 2.26 bits per heavy atom. The fourth-order valence-corrected chi connectivity index (χ4v) is 4.14. The fourth-order valence-electron chi connectivity index (χ4n) is 3.02. The molecule has 9 heteroatoms. The lowest BCUT2D eigenvalue weighted by Gasteiger charge is -2.19. The Bertz CT molecular complexity index is 881. The summed E-state index contributed by atoms with van der Waals surface area (Å²) in [5.41, 5.74) is -0.0309. The van der Waals surface area contributed by atoms with Crippen LogP contribution >= 0.6 is 0 Å². The highest BCUT2D eigenvalue weighted by Gasteiger charge is 2.31. The third kappa shape index (κ3) is 4.78. The quantitative estimate of drug-likeness (QED) is 0.777. The molecule has 1 heterocycles. The van der Waals surface area contributed by atoms with Crippen molar-refractivity contribution >= 4 is 15.7 Å². The molecule has 146 valence electrons. The molecule has 0 bridgehead atoms. The van der Waals surface area contributed by atoms with E-state index < -0.39 is 21.8 Å². The summed E-state index contributed by atoms with van der Waals surface area (Å²) < 4.78 is 77.8. The lowest BCUT2D eigenvalue weighted by Crippen LogP contribution is -2.31. The van der Waals surface area contributed by atoms with Crippen LogP contribution in [-0.4, -0.2) is 28.1 Å². The van der Waals surface area contributed by atoms with Gasteiger partial charge in [-0.25, -0.2) is 17.5 Å². The highest BCUT2D eigenvalue weighted by atomic mass is 32.2. The van der Waals surface area contributed by atoms with E-state index in [9.17, 15) is 26.0 Å². The first kappa shape index (κ1) is 19.6. The Morgan fingerprint density at radius 2 is 1.67 bits per heavy atom. The number of halogens is 4. The van der Waals surface area contributed by atoms with Crippen molar-refractivity contribution in [3.8, 4) is 0 Å². The van der Waals surface area contributed by atoms with Crippen molar-refractivity contribution in [2.75, 3.05) is 24.5 Å². The Kier molecular flexibility index (Phi) is 5.43. The predicted octanol–water partition coefficient (Wildman–Crippen LogP) is 3.65. The van der Waals surface area contributed by atoms with Gasteiger partial charge in [0.2, 0.25) is 10.0 Å². The second-order valence-corrected chi connectivity index (χ2v) is 8.22. The molecule has 27 heavy (non-hydrogen) atoms. The van der Waals surface area contributed by atoms with Gasteiger partial charge in [-0.05, 0) is 60.9 Å². The van der Waals surface area contributed by atoms with E-state index in [1.54, 1.807) is 12.1 Å². The van der Waals surface area contributed by atoms with Gasteiger partial charge in [0.05, 0.1) is 10.5 Å². The second kappa shape index (κ2) is 7.47. The summed E-state index contributed by atoms with van der Waals surface area (Å²) >= 11 is 0. The van der Waals surface area contributed by atoms with E-state index >= 15 is 0 Å². The van der Waals surface area contributed by atoms with Gasteiger partial charge in [0.25, 0.3) is 0 Å². The van der Waals surface area contributed by atoms with E-state index in [1.807, 2.05) is 4.90 Å². The monoisotopic (exact) mass is 402 g/mol. The van der Waals surface area contributed by atoms with E-state index in [4.69, 9.17) is 0 Å². The number of nitrogens with one attached hydrogen (secondary N) is 1. The molecule has 1 saturated heterocycles. The second-order valence-electron chi connectivity index (χ2n) is 6.45. The van der Waals surface area contributed by atoms with Crippen molar-refractivity contribution in [3.05, 3.63) is 59.9 Å². The van der Waals surface area contributed by atoms with Gasteiger partial charge in [-0.2, -0.15) is 13.2 Å². The number of hydrogen-bond donors (Lipinski definition) is 1. The molecule has 1 aliphatic rings. The standard InChI is InChI=1S/C18H18F4N2O2S/c19-15-3-5-16(6-4-15)24-10-9-13(12-24)11-23-27(25,26)17-7-1-14(2-8-17)18(20,21)22/h1-8,13,23H,9-12H2. The number of anilines is 1. The minimum absolute atomic E-state index is 0.0549. The van der Waals surface area contributed by atoms with E-state index in [0.717, 1.165) is 42.9 Å². The van der Waals surface area contributed by atoms with Crippen molar-refractivity contribution in [1.29, 1.82) is 0 Å². The summed E-state index contributed by atoms with van der Waals surface area (Å²) in [5, 5.41) is 0. The van der Waals surface area contributed by atoms with Crippen LogP contribution in [0.3, 0.4) is 0 Å². The van der Waals surface area contributed by atoms with Gasteiger partial charge >= 0.3 is 6.18 Å². The van der Waals surface area contributed by atoms with Crippen LogP contribution in [0.15, 0.2) is 53.4 Å². The normalized spacial score (nSPS) is 18.1. The van der Waals surface area contributed by atoms with Crippen molar-refractivity contribution < 1.29 is 26.0 Å². The molecule has 0 aromatic heterocycles. The molecule has 1 N–H and O–H groups in total. The number of hydrogen-bond acceptors (Lipinski definition) is 3. The maximum atomic E-state index is 13.0. The van der Waals surface area contributed by atoms with Crippen molar-refractivity contribution in [2.45, 2.75) is 17.5 Å². The van der Waals surface area contributed by atoms with Crippen LogP contribution in [0.1, 0.15) is 12.0 Å². The van der Waals surface area contributed by atoms with Crippen LogP contribution in [0.2, 0.25) is 0 Å². The average Bonchev–Trinajstić information content (AvgIpc) is 3.09. The molecule has 1 unspecified atom stereocenters. The summed E-state index contributed by atoms with van der Waals surface area (Å²) in [6.07, 6.45) is -3.75. The molecule has 0 saturated carbocycles. The SMILES string of the molecule is O=S(=O)(NCC1CCN(c2ccc(F)cc2)C1)c1ccc(C(F)(F)F)cc1. The van der Waals surface area contributed by atoms with Gasteiger partial charge in [0.15, 0.2) is 0 Å². The molecule has 3 rings (SSSR count). The van der Waals surface area contributed by atoms with Gasteiger partial charge < -0.3 is 4.90 Å². The minimum Gasteiger partial charge on any atom is -0.371 e. The molecule has 0 amide bonds. The zero-order valence-corrected chi connectivity index (χ0v) is 15.0. The first-order chi connectivity index (χ1) is 12.6. The van der Waals surface area contributed by atoms with E-state index in [0.29, 0.717) is 6.54 Å². The molecule has 1 atom stereocenters. The smallest absolute Gasteiger partial charge is 0.371 e. The zero-order chi connectivity index (χ0) is 19.7. The van der Waals surface area contributed by atoms with Crippen LogP contribution in [0, 0.1) is 11.7 Å². The van der Waals surface area contributed by atoms with Gasteiger partial charge in [0, 0.05) is 25.3 Å². The van der Waals surface area contributed by atoms with E-state index in [2.05, 4.69) is 4.72 Å². The number of sulfonamides is 1. The Labute approximate surface area is 154 Å². The summed E-state index contributed by atoms with van der Waals surface area (Å²) in [6, 6.07) is 9.48. The largest absolute Gasteiger partial charge is 0.416 e. The lowest BCUT2D eigenvalue weighted by atomic mass is 10.1. The number of alkyl halides is 3. The first-order valence-electron chi connectivity index (χ1n) is 8.32. The first-order valence-corrected chi connectivity index (χ1v) is 9.81. The molecule has 1 fully saturated rings. The maximum absolute atomic E-state index is 13.0. The molecular weight excluding hydrogens is 384 g/mol. The van der Waals surface area contributed by atoms with Crippen LogP contribution in [0.5, 0.6) is 0 Å². The molecule has 4 nitrogen and oxygen atoms in total. The molecule has 0 radical (unpaired) electrons. The van der Waals surface area contributed by atoms with Gasteiger partial charge in [0.1, 0.15) is 5.82 Å². The van der Waals surface area contributed by atoms with Crippen LogP contribution < -0.4 is 9.62 Å². The van der Waals surface area contributed by atoms with Crippen LogP contribution in [0.4, 0.5) is 23.2 Å². The van der Waals surface area contributed by atoms with E-state index in [-0.39, 0.29) is 23.2 Å². The molecule has 0 spiro atoms. The van der Waals surface area contributed by atoms with Crippen LogP contribution in [-0.2, 0) is 16.2 Å². The minimum atomic E-state index is -4.51. The highest BCUT2D eigenvalue weighted by molar-refractivity contribution is 7.89. The fraction of sp³-hybridized carbons (Fsp3) is 0.333. The molecule has 0 aliphatic carbocycles. The lowest BCUT2D eigenvalue weighted by molar-refractivity contribution is -0.137. The predicted molar refractivity (Wildman–Crippen MR) is 93.4 cm³/mol. The number of benzene rings is 2. The molecule has 2 aromatic rings. The molecule has 2 aromatic carbocycles. The number of nitrogens with zero attached hydrogens (tertiary/aromatic N) is 1. The van der Waals surface area contributed by atoms with Gasteiger partial charge in [-0.3, -0.25) is 0 Å². The Morgan fingerprint density at radius 1 is 1.04 bits per heavy atom. The summed E-state index contributed by atoms with van der Waals surface area (Å²) in [5.74, 6) is -0.266. The topological polar surface area (TPSA) is 49.4 Å². The Balaban J connectivity index is 1.58. The van der Waals surface area contributed by atoms with Crippen LogP contribution in [0.25, 0.3) is 0 Å². The van der Waals surface area contributed by atoms with Crippen molar-refractivity contribution in [3.63, 3.8) is 0 Å². The van der Waals surface area contributed by atoms with Gasteiger partial charge in [-0.1, -0.05) is 0 Å². The van der Waals surface area contributed by atoms with Gasteiger partial charge in [-0.15, -0.1) is 0 Å². The molecule has 1 aliphatic heterocycles. The van der Waals surface area contributed by atoms with Crippen molar-refractivity contribution in [1.82, 2.24) is 4.72 Å². The van der Waals surface area contributed by atoms with E-state index in [1.165, 1.54) is 12.1 Å². The molecular formula is C18H18F4N2O2S. The van der Waals surface area contributed by atoms with Crippen molar-refractivity contribution in [2.24, 2.45) is 5.92 Å². The third-order valence-corrected chi connectivity index (χ3v) is 5.97. The zero-order valence-electron chi connectivity index (χ0n) is 14.2. The number of rotatable bonds is 5. The third-order valence-electron chi connectivity index (χ3n) is 4.53.